The number of allylic oxidation sites excluding steroid dienone is 1. The molecule has 2 aromatic carbocycles. The zero-order chi connectivity index (χ0) is 37.9. The van der Waals surface area contributed by atoms with Gasteiger partial charge in [0.15, 0.2) is 0 Å². The standard InChI is InChI=1S/C44H43FN6O4/c45-35-10-13-41(47-21-35)38-25-50(22-29-2-1-3-29)26-39(40(38)27-52)43(53)49-36-11-8-32(9-12-36)37-19-34(20-48-42(37)46)31-6-4-28(5-7-31)18-30-23-51(24-30)44(54)33-14-16-55-17-15-33/h4-13,19-21,25-26,29-30,33H,1-3,14-18,22-24H2,(H2,46,48)(H,49,53). The quantitative estimate of drug-likeness (QED) is 0.172. The van der Waals surface area contributed by atoms with Crippen molar-refractivity contribution in [3.8, 4) is 22.3 Å². The monoisotopic (exact) mass is 738 g/mol. The van der Waals surface area contributed by atoms with E-state index < -0.39 is 11.7 Å². The number of nitrogens with zero attached hydrogens (tertiary/aromatic N) is 4. The summed E-state index contributed by atoms with van der Waals surface area (Å²) in [6.07, 6.45) is 12.3. The van der Waals surface area contributed by atoms with Gasteiger partial charge in [-0.15, -0.1) is 0 Å². The normalized spacial score (nSPS) is 17.8. The lowest BCUT2D eigenvalue weighted by Crippen LogP contribution is -2.53. The average Bonchev–Trinajstić information content (AvgIpc) is 3.18. The Morgan fingerprint density at radius 3 is 2.29 bits per heavy atom. The number of nitrogen functional groups attached to an aromatic ring is 1. The number of nitrogens with two attached hydrogens (primary N) is 1. The van der Waals surface area contributed by atoms with E-state index in [1.165, 1.54) is 24.1 Å². The fourth-order valence-corrected chi connectivity index (χ4v) is 7.78. The number of hydrogen-bond acceptors (Lipinski definition) is 8. The highest BCUT2D eigenvalue weighted by Gasteiger charge is 2.35. The maximum Gasteiger partial charge on any atom is 0.258 e. The molecule has 3 N–H and O–H groups in total. The van der Waals surface area contributed by atoms with Crippen molar-refractivity contribution < 1.29 is 23.5 Å². The molecule has 0 atom stereocenters. The molecule has 55 heavy (non-hydrogen) atoms. The van der Waals surface area contributed by atoms with Crippen LogP contribution in [0.1, 0.15) is 43.4 Å². The number of hydrogen-bond donors (Lipinski definition) is 2. The molecule has 280 valence electrons. The van der Waals surface area contributed by atoms with Crippen LogP contribution < -0.4 is 11.1 Å². The Kier molecular flexibility index (Phi) is 10.4. The van der Waals surface area contributed by atoms with Crippen LogP contribution in [0.3, 0.4) is 0 Å². The van der Waals surface area contributed by atoms with E-state index in [0.29, 0.717) is 54.4 Å². The number of carbonyl (C=O) groups excluding carboxylic acids is 3. The van der Waals surface area contributed by atoms with E-state index in [-0.39, 0.29) is 23.0 Å². The summed E-state index contributed by atoms with van der Waals surface area (Å²) < 4.78 is 19.1. The van der Waals surface area contributed by atoms with Crippen molar-refractivity contribution in [1.29, 1.82) is 0 Å². The number of halogens is 1. The number of anilines is 2. The first-order valence-corrected chi connectivity index (χ1v) is 19.0. The summed E-state index contributed by atoms with van der Waals surface area (Å²) in [5.41, 5.74) is 12.7. The molecular weight excluding hydrogens is 696 g/mol. The first kappa shape index (κ1) is 36.1. The average molecular weight is 739 g/mol. The largest absolute Gasteiger partial charge is 0.383 e. The number of aromatic nitrogens is 2. The molecule has 1 saturated carbocycles. The van der Waals surface area contributed by atoms with Gasteiger partial charge in [0.05, 0.1) is 23.0 Å². The molecule has 3 aliphatic heterocycles. The van der Waals surface area contributed by atoms with E-state index in [2.05, 4.69) is 39.6 Å². The first-order chi connectivity index (χ1) is 26.8. The Morgan fingerprint density at radius 1 is 0.873 bits per heavy atom. The summed E-state index contributed by atoms with van der Waals surface area (Å²) in [6.45, 7) is 3.68. The van der Waals surface area contributed by atoms with Gasteiger partial charge in [-0.05, 0) is 91.0 Å². The Bertz CT molecular complexity index is 2180. The van der Waals surface area contributed by atoms with Crippen molar-refractivity contribution in [2.45, 2.75) is 38.5 Å². The van der Waals surface area contributed by atoms with Crippen molar-refractivity contribution >= 4 is 34.8 Å². The zero-order valence-corrected chi connectivity index (χ0v) is 30.5. The second-order valence-corrected chi connectivity index (χ2v) is 15.0. The molecule has 2 amide bonds. The van der Waals surface area contributed by atoms with E-state index >= 15 is 0 Å². The summed E-state index contributed by atoms with van der Waals surface area (Å²) in [5, 5.41) is 2.93. The highest BCUT2D eigenvalue weighted by atomic mass is 19.1. The van der Waals surface area contributed by atoms with Gasteiger partial charge in [-0.3, -0.25) is 14.6 Å². The smallest absolute Gasteiger partial charge is 0.258 e. The molecule has 0 spiro atoms. The molecule has 4 aromatic rings. The molecule has 0 radical (unpaired) electrons. The molecule has 1 aliphatic carbocycles. The van der Waals surface area contributed by atoms with E-state index in [4.69, 9.17) is 10.5 Å². The van der Waals surface area contributed by atoms with Crippen LogP contribution in [0.15, 0.2) is 103 Å². The Balaban J connectivity index is 0.923. The molecular formula is C44H43FN6O4. The number of ether oxygens (including phenoxy) is 1. The molecule has 8 rings (SSSR count). The van der Waals surface area contributed by atoms with Crippen LogP contribution in [-0.4, -0.2) is 70.4 Å². The number of nitrogens with one attached hydrogen (secondary N) is 1. The van der Waals surface area contributed by atoms with E-state index in [1.807, 2.05) is 33.9 Å². The number of rotatable bonds is 10. The highest BCUT2D eigenvalue weighted by molar-refractivity contribution is 6.14. The fourth-order valence-electron chi connectivity index (χ4n) is 7.78. The SMILES string of the molecule is Nc1ncc(-c2ccc(CC3CN(C(=O)C4CCOCC4)C3)cc2)cc1-c1ccc(NC(=O)C2=CN(CC3CCC3)C=C(c3ccc(F)cn3)C2=C=O)cc1. The summed E-state index contributed by atoms with van der Waals surface area (Å²) in [4.78, 5) is 51.4. The third-order valence-corrected chi connectivity index (χ3v) is 11.2. The van der Waals surface area contributed by atoms with Gasteiger partial charge >= 0.3 is 0 Å². The van der Waals surface area contributed by atoms with Crippen LogP contribution in [0.4, 0.5) is 15.9 Å². The molecule has 2 aromatic heterocycles. The number of benzene rings is 2. The third-order valence-electron chi connectivity index (χ3n) is 11.2. The summed E-state index contributed by atoms with van der Waals surface area (Å²) in [5.74, 6) is 2.71. The fraction of sp³-hybridized carbons (Fsp3) is 0.318. The Morgan fingerprint density at radius 2 is 1.62 bits per heavy atom. The van der Waals surface area contributed by atoms with Crippen molar-refractivity contribution in [2.75, 3.05) is 43.9 Å². The van der Waals surface area contributed by atoms with Crippen molar-refractivity contribution in [3.63, 3.8) is 0 Å². The lowest BCUT2D eigenvalue weighted by molar-refractivity contribution is -0.145. The maximum absolute atomic E-state index is 13.7. The minimum Gasteiger partial charge on any atom is -0.383 e. The van der Waals surface area contributed by atoms with Gasteiger partial charge in [0.25, 0.3) is 5.91 Å². The van der Waals surface area contributed by atoms with Gasteiger partial charge in [0.1, 0.15) is 17.6 Å². The van der Waals surface area contributed by atoms with Crippen LogP contribution >= 0.6 is 0 Å². The van der Waals surface area contributed by atoms with Gasteiger partial charge in [0, 0.05) is 79.8 Å². The van der Waals surface area contributed by atoms with Crippen molar-refractivity contribution in [2.24, 2.45) is 17.8 Å². The van der Waals surface area contributed by atoms with E-state index in [1.54, 1.807) is 30.7 Å². The van der Waals surface area contributed by atoms with Gasteiger partial charge < -0.3 is 25.6 Å². The molecule has 3 fully saturated rings. The summed E-state index contributed by atoms with van der Waals surface area (Å²) in [6, 6.07) is 20.6. The number of amides is 2. The topological polar surface area (TPSA) is 131 Å². The van der Waals surface area contributed by atoms with Crippen molar-refractivity contribution in [1.82, 2.24) is 19.8 Å². The Labute approximate surface area is 319 Å². The highest BCUT2D eigenvalue weighted by Crippen LogP contribution is 2.35. The van der Waals surface area contributed by atoms with Gasteiger partial charge in [0.2, 0.25) is 5.91 Å². The second-order valence-electron chi connectivity index (χ2n) is 15.0. The third kappa shape index (κ3) is 7.99. The predicted octanol–water partition coefficient (Wildman–Crippen LogP) is 6.70. The molecule has 10 nitrogen and oxygen atoms in total. The predicted molar refractivity (Wildman–Crippen MR) is 209 cm³/mol. The minimum atomic E-state index is -0.493. The number of carbonyl (C=O) groups is 2. The number of likely N-dealkylation sites (tertiary alicyclic amines) is 1. The molecule has 11 heteroatoms. The molecule has 4 aliphatic rings. The minimum absolute atomic E-state index is 0.0640. The molecule has 0 unspecified atom stereocenters. The van der Waals surface area contributed by atoms with Crippen LogP contribution in [0.5, 0.6) is 0 Å². The second kappa shape index (κ2) is 15.8. The molecule has 0 bridgehead atoms. The van der Waals surface area contributed by atoms with Crippen molar-refractivity contribution in [3.05, 3.63) is 120 Å². The van der Waals surface area contributed by atoms with E-state index in [9.17, 15) is 18.8 Å². The van der Waals surface area contributed by atoms with Crippen LogP contribution in [0.2, 0.25) is 0 Å². The molecule has 2 saturated heterocycles. The summed E-state index contributed by atoms with van der Waals surface area (Å²) >= 11 is 0. The lowest BCUT2D eigenvalue weighted by Gasteiger charge is -2.41. The van der Waals surface area contributed by atoms with Gasteiger partial charge in [-0.2, -0.15) is 0 Å². The van der Waals surface area contributed by atoms with Crippen LogP contribution in [0.25, 0.3) is 27.8 Å². The first-order valence-electron chi connectivity index (χ1n) is 19.0. The summed E-state index contributed by atoms with van der Waals surface area (Å²) in [7, 11) is 0. The molecule has 5 heterocycles. The zero-order valence-electron chi connectivity index (χ0n) is 30.5. The van der Waals surface area contributed by atoms with Crippen LogP contribution in [0, 0.1) is 23.6 Å². The number of pyridine rings is 2. The maximum atomic E-state index is 13.7. The van der Waals surface area contributed by atoms with Crippen LogP contribution in [-0.2, 0) is 25.5 Å². The van der Waals surface area contributed by atoms with E-state index in [0.717, 1.165) is 73.6 Å². The van der Waals surface area contributed by atoms with Gasteiger partial charge in [-0.1, -0.05) is 42.8 Å². The lowest BCUT2D eigenvalue weighted by atomic mass is 9.84. The van der Waals surface area contributed by atoms with Gasteiger partial charge in [-0.25, -0.2) is 14.2 Å². The Hall–Kier alpha value is -5.90.